The maximum Gasteiger partial charge on any atom is 0.157 e. The maximum atomic E-state index is 13.7. The third-order valence-electron chi connectivity index (χ3n) is 11.4. The van der Waals surface area contributed by atoms with Crippen LogP contribution in [-0.4, -0.2) is 26.3 Å². The summed E-state index contributed by atoms with van der Waals surface area (Å²) in [4.78, 5) is 13.7. The second-order valence-corrected chi connectivity index (χ2v) is 13.4. The largest absolute Gasteiger partial charge is 0.390 e. The lowest BCUT2D eigenvalue weighted by atomic mass is 9.44. The highest BCUT2D eigenvalue weighted by Crippen LogP contribution is 2.68. The summed E-state index contributed by atoms with van der Waals surface area (Å²) in [6.07, 6.45) is 12.3. The van der Waals surface area contributed by atoms with Crippen LogP contribution >= 0.6 is 0 Å². The van der Waals surface area contributed by atoms with E-state index in [0.29, 0.717) is 29.6 Å². The molecule has 0 radical (unpaired) electrons. The van der Waals surface area contributed by atoms with Crippen LogP contribution in [0.5, 0.6) is 0 Å². The van der Waals surface area contributed by atoms with Gasteiger partial charge in [-0.1, -0.05) is 26.0 Å². The number of aryl methyl sites for hydroxylation is 1. The van der Waals surface area contributed by atoms with E-state index in [2.05, 4.69) is 44.1 Å². The van der Waals surface area contributed by atoms with Crippen LogP contribution in [0.2, 0.25) is 0 Å². The lowest BCUT2D eigenvalue weighted by molar-refractivity contribution is -0.151. The van der Waals surface area contributed by atoms with Gasteiger partial charge < -0.3 is 5.11 Å². The number of carbonyl (C=O) groups excluding carboxylic acids is 1. The van der Waals surface area contributed by atoms with Gasteiger partial charge in [-0.2, -0.15) is 5.10 Å². The van der Waals surface area contributed by atoms with E-state index in [1.54, 1.807) is 0 Å². The summed E-state index contributed by atoms with van der Waals surface area (Å²) in [6, 6.07) is 6.37. The smallest absolute Gasteiger partial charge is 0.157 e. The summed E-state index contributed by atoms with van der Waals surface area (Å²) in [7, 11) is 0. The van der Waals surface area contributed by atoms with E-state index in [1.807, 2.05) is 17.8 Å². The number of hydrogen-bond acceptors (Lipinski definition) is 3. The van der Waals surface area contributed by atoms with Crippen molar-refractivity contribution in [2.75, 3.05) is 0 Å². The molecule has 0 bridgehead atoms. The highest BCUT2D eigenvalue weighted by molar-refractivity contribution is 5.85. The molecule has 0 spiro atoms. The van der Waals surface area contributed by atoms with E-state index in [-0.39, 0.29) is 11.3 Å². The van der Waals surface area contributed by atoms with Crippen molar-refractivity contribution in [3.8, 4) is 0 Å². The van der Waals surface area contributed by atoms with Crippen LogP contribution in [0.4, 0.5) is 0 Å². The number of rotatable bonds is 3. The van der Waals surface area contributed by atoms with Gasteiger partial charge in [0.15, 0.2) is 5.78 Å². The summed E-state index contributed by atoms with van der Waals surface area (Å²) in [6.45, 7) is 9.56. The number of benzene rings is 1. The number of hydrogen-bond donors (Lipinski definition) is 1. The van der Waals surface area contributed by atoms with Gasteiger partial charge in [0.2, 0.25) is 0 Å². The quantitative estimate of drug-likeness (QED) is 0.580. The molecule has 4 aliphatic carbocycles. The number of carbonyl (C=O) groups is 1. The lowest BCUT2D eigenvalue weighted by Crippen LogP contribution is -2.55. The lowest BCUT2D eigenvalue weighted by Gasteiger charge is -2.61. The molecule has 0 unspecified atom stereocenters. The van der Waals surface area contributed by atoms with Crippen molar-refractivity contribution in [2.45, 2.75) is 97.6 Å². The average Bonchev–Trinajstić information content (AvgIpc) is 3.34. The van der Waals surface area contributed by atoms with Crippen molar-refractivity contribution in [3.63, 3.8) is 0 Å². The van der Waals surface area contributed by atoms with Gasteiger partial charge in [-0.15, -0.1) is 0 Å². The Morgan fingerprint density at radius 3 is 2.65 bits per heavy atom. The Hall–Kier alpha value is -1.68. The van der Waals surface area contributed by atoms with Crippen LogP contribution in [0.1, 0.15) is 84.1 Å². The fourth-order valence-electron chi connectivity index (χ4n) is 9.52. The molecule has 6 rings (SSSR count). The van der Waals surface area contributed by atoms with E-state index in [4.69, 9.17) is 0 Å². The highest BCUT2D eigenvalue weighted by Gasteiger charge is 2.61. The normalized spacial score (nSPS) is 43.9. The van der Waals surface area contributed by atoms with Gasteiger partial charge in [-0.05, 0) is 118 Å². The van der Waals surface area contributed by atoms with Gasteiger partial charge in [0.1, 0.15) is 6.54 Å². The Kier molecular flexibility index (Phi) is 5.13. The molecule has 4 aliphatic rings. The van der Waals surface area contributed by atoms with Crippen molar-refractivity contribution in [1.82, 2.24) is 9.78 Å². The third kappa shape index (κ3) is 3.34. The van der Waals surface area contributed by atoms with Crippen LogP contribution in [0.3, 0.4) is 0 Å². The van der Waals surface area contributed by atoms with Crippen molar-refractivity contribution in [3.05, 3.63) is 30.0 Å². The van der Waals surface area contributed by atoms with Gasteiger partial charge in [-0.3, -0.25) is 9.48 Å². The first kappa shape index (κ1) is 22.8. The number of aromatic nitrogens is 2. The monoisotopic (exact) mass is 462 g/mol. The average molecular weight is 463 g/mol. The van der Waals surface area contributed by atoms with E-state index in [9.17, 15) is 9.90 Å². The zero-order valence-corrected chi connectivity index (χ0v) is 21.5. The standard InChI is InChI=1S/C30H42N2O2/c1-19-5-6-20-17-31-32(26(20)15-19)18-27(33)25-10-9-23-22-8-7-21-16-28(2,34)13-14-29(21,3)24(22)11-12-30(23,25)4/h5-6,15,17,21-25,34H,7-14,16,18H2,1-4H3/t21-,22+,23+,24+,25-,28-,29+,30+/m1/s1. The zero-order valence-electron chi connectivity index (χ0n) is 21.5. The summed E-state index contributed by atoms with van der Waals surface area (Å²) < 4.78 is 1.94. The molecule has 4 heteroatoms. The van der Waals surface area contributed by atoms with Gasteiger partial charge in [0, 0.05) is 11.3 Å². The number of aliphatic hydroxyl groups is 1. The van der Waals surface area contributed by atoms with Crippen LogP contribution in [-0.2, 0) is 11.3 Å². The number of nitrogens with zero attached hydrogens (tertiary/aromatic N) is 2. The molecule has 8 atom stereocenters. The molecule has 4 fully saturated rings. The Morgan fingerprint density at radius 1 is 1.03 bits per heavy atom. The van der Waals surface area contributed by atoms with Crippen LogP contribution in [0, 0.1) is 47.3 Å². The molecule has 0 amide bonds. The molecule has 184 valence electrons. The van der Waals surface area contributed by atoms with E-state index >= 15 is 0 Å². The summed E-state index contributed by atoms with van der Waals surface area (Å²) in [5.74, 6) is 3.43. The van der Waals surface area contributed by atoms with Gasteiger partial charge in [0.05, 0.1) is 17.3 Å². The topological polar surface area (TPSA) is 55.1 Å². The number of Topliss-reactive ketones (excluding diaryl/α,β-unsaturated/α-hetero) is 1. The third-order valence-corrected chi connectivity index (χ3v) is 11.4. The molecule has 1 N–H and O–H groups in total. The van der Waals surface area contributed by atoms with Crippen molar-refractivity contribution in [2.24, 2.45) is 40.4 Å². The molecule has 4 nitrogen and oxygen atoms in total. The SMILES string of the molecule is Cc1ccc2cnn(CC(=O)[C@H]3CC[C@H]4[C@@H]5CC[C@@H]6C[C@](C)(O)CC[C@]6(C)[C@H]5CC[C@]34C)c2c1. The van der Waals surface area contributed by atoms with Gasteiger partial charge >= 0.3 is 0 Å². The minimum Gasteiger partial charge on any atom is -0.390 e. The predicted molar refractivity (Wildman–Crippen MR) is 135 cm³/mol. The molecule has 0 saturated heterocycles. The summed E-state index contributed by atoms with van der Waals surface area (Å²) >= 11 is 0. The molecule has 1 aromatic heterocycles. The van der Waals surface area contributed by atoms with Crippen molar-refractivity contribution in [1.29, 1.82) is 0 Å². The highest BCUT2D eigenvalue weighted by atomic mass is 16.3. The second kappa shape index (κ2) is 7.66. The Balaban J connectivity index is 1.22. The molecule has 0 aliphatic heterocycles. The second-order valence-electron chi connectivity index (χ2n) is 13.4. The van der Waals surface area contributed by atoms with E-state index in [0.717, 1.165) is 42.0 Å². The Bertz CT molecular complexity index is 1120. The van der Waals surface area contributed by atoms with Gasteiger partial charge in [-0.25, -0.2) is 0 Å². The van der Waals surface area contributed by atoms with Crippen molar-refractivity contribution >= 4 is 16.7 Å². The van der Waals surface area contributed by atoms with Crippen LogP contribution in [0.15, 0.2) is 24.4 Å². The molecule has 1 heterocycles. The zero-order chi connectivity index (χ0) is 23.9. The fourth-order valence-corrected chi connectivity index (χ4v) is 9.52. The molecule has 34 heavy (non-hydrogen) atoms. The molecule has 4 saturated carbocycles. The van der Waals surface area contributed by atoms with Crippen LogP contribution < -0.4 is 0 Å². The molecular weight excluding hydrogens is 420 g/mol. The first-order valence-electron chi connectivity index (χ1n) is 13.8. The fraction of sp³-hybridized carbons (Fsp3) is 0.733. The molecule has 2 aromatic rings. The molecule has 1 aromatic carbocycles. The van der Waals surface area contributed by atoms with Crippen molar-refractivity contribution < 1.29 is 9.90 Å². The van der Waals surface area contributed by atoms with Gasteiger partial charge in [0.25, 0.3) is 0 Å². The first-order valence-corrected chi connectivity index (χ1v) is 13.8. The minimum atomic E-state index is -0.472. The maximum absolute atomic E-state index is 13.7. The van der Waals surface area contributed by atoms with E-state index in [1.165, 1.54) is 44.1 Å². The summed E-state index contributed by atoms with van der Waals surface area (Å²) in [5.41, 5.74) is 2.33. The van der Waals surface area contributed by atoms with Crippen LogP contribution in [0.25, 0.3) is 10.9 Å². The number of fused-ring (bicyclic) bond motifs is 6. The Morgan fingerprint density at radius 2 is 1.82 bits per heavy atom. The summed E-state index contributed by atoms with van der Waals surface area (Å²) in [5, 5.41) is 16.5. The predicted octanol–water partition coefficient (Wildman–Crippen LogP) is 6.32. The number of ketones is 1. The Labute approximate surface area is 204 Å². The minimum absolute atomic E-state index is 0.139. The molecular formula is C30H42N2O2. The first-order chi connectivity index (χ1) is 16.1. The van der Waals surface area contributed by atoms with E-state index < -0.39 is 5.60 Å².